The minimum absolute atomic E-state index is 0.0309. The minimum Gasteiger partial charge on any atom is -0.353 e. The summed E-state index contributed by atoms with van der Waals surface area (Å²) in [6.07, 6.45) is 1.16. The Labute approximate surface area is 160 Å². The van der Waals surface area contributed by atoms with Gasteiger partial charge < -0.3 is 10.6 Å². The first-order valence-corrected chi connectivity index (χ1v) is 10.1. The monoisotopic (exact) mass is 397 g/mol. The van der Waals surface area contributed by atoms with Crippen LogP contribution in [0.1, 0.15) is 26.0 Å². The molecule has 0 radical (unpaired) electrons. The van der Waals surface area contributed by atoms with Crippen LogP contribution in [0.25, 0.3) is 0 Å². The van der Waals surface area contributed by atoms with Crippen molar-refractivity contribution in [1.82, 2.24) is 10.3 Å². The molecule has 0 aliphatic carbocycles. The number of thiazole rings is 1. The van der Waals surface area contributed by atoms with Crippen LogP contribution in [0.4, 0.5) is 5.69 Å². The molecule has 2 aromatic rings. The first-order chi connectivity index (χ1) is 12.0. The van der Waals surface area contributed by atoms with Crippen molar-refractivity contribution in [2.45, 2.75) is 37.1 Å². The fourth-order valence-electron chi connectivity index (χ4n) is 1.89. The van der Waals surface area contributed by atoms with Crippen molar-refractivity contribution in [3.05, 3.63) is 40.4 Å². The van der Waals surface area contributed by atoms with E-state index < -0.39 is 0 Å². The third-order valence-electron chi connectivity index (χ3n) is 3.35. The van der Waals surface area contributed by atoms with Gasteiger partial charge in [0, 0.05) is 22.1 Å². The average Bonchev–Trinajstić information content (AvgIpc) is 3.02. The summed E-state index contributed by atoms with van der Waals surface area (Å²) in [6, 6.07) is 7.12. The van der Waals surface area contributed by atoms with Crippen LogP contribution in [0.15, 0.2) is 34.0 Å². The van der Waals surface area contributed by atoms with Gasteiger partial charge in [0.2, 0.25) is 11.8 Å². The zero-order valence-corrected chi connectivity index (χ0v) is 16.4. The molecule has 1 heterocycles. The van der Waals surface area contributed by atoms with E-state index in [9.17, 15) is 9.59 Å². The van der Waals surface area contributed by atoms with Crippen LogP contribution in [0, 0.1) is 0 Å². The fourth-order valence-corrected chi connectivity index (χ4v) is 3.66. The first kappa shape index (κ1) is 19.8. The lowest BCUT2D eigenvalue weighted by Gasteiger charge is -2.10. The number of thioether (sulfide) groups is 1. The zero-order chi connectivity index (χ0) is 18.2. The van der Waals surface area contributed by atoms with Crippen LogP contribution in [-0.2, 0) is 16.0 Å². The highest BCUT2D eigenvalue weighted by molar-refractivity contribution is 8.01. The summed E-state index contributed by atoms with van der Waals surface area (Å²) in [7, 11) is 0. The number of halogens is 1. The van der Waals surface area contributed by atoms with E-state index in [1.807, 2.05) is 19.2 Å². The van der Waals surface area contributed by atoms with Gasteiger partial charge >= 0.3 is 0 Å². The van der Waals surface area contributed by atoms with Crippen LogP contribution < -0.4 is 10.6 Å². The van der Waals surface area contributed by atoms with Gasteiger partial charge in [0.1, 0.15) is 0 Å². The van der Waals surface area contributed by atoms with Crippen molar-refractivity contribution in [3.63, 3.8) is 0 Å². The maximum Gasteiger partial charge on any atom is 0.234 e. The van der Waals surface area contributed by atoms with Crippen LogP contribution in [0.3, 0.4) is 0 Å². The summed E-state index contributed by atoms with van der Waals surface area (Å²) in [6.45, 7) is 4.00. The number of amides is 2. The molecule has 134 valence electrons. The molecule has 2 rings (SSSR count). The van der Waals surface area contributed by atoms with Crippen LogP contribution in [-0.4, -0.2) is 28.6 Å². The van der Waals surface area contributed by atoms with Gasteiger partial charge in [0.15, 0.2) is 4.34 Å². The van der Waals surface area contributed by atoms with Gasteiger partial charge in [-0.15, -0.1) is 11.3 Å². The van der Waals surface area contributed by atoms with Crippen molar-refractivity contribution in [2.75, 3.05) is 11.1 Å². The molecule has 0 saturated carbocycles. The van der Waals surface area contributed by atoms with Gasteiger partial charge in [0.05, 0.1) is 17.9 Å². The molecule has 25 heavy (non-hydrogen) atoms. The first-order valence-electron chi connectivity index (χ1n) is 7.88. The highest BCUT2D eigenvalue weighted by Gasteiger charge is 2.11. The summed E-state index contributed by atoms with van der Waals surface area (Å²) in [5, 5.41) is 8.20. The number of benzene rings is 1. The van der Waals surface area contributed by atoms with Crippen molar-refractivity contribution >= 4 is 52.2 Å². The van der Waals surface area contributed by atoms with E-state index in [2.05, 4.69) is 15.6 Å². The predicted octanol–water partition coefficient (Wildman–Crippen LogP) is 3.98. The maximum atomic E-state index is 12.0. The summed E-state index contributed by atoms with van der Waals surface area (Å²) in [4.78, 5) is 28.2. The minimum atomic E-state index is -0.112. The van der Waals surface area contributed by atoms with E-state index in [1.165, 1.54) is 23.1 Å². The quantitative estimate of drug-likeness (QED) is 0.661. The molecule has 0 fully saturated rings. The largest absolute Gasteiger partial charge is 0.353 e. The molecule has 2 amide bonds. The number of nitrogens with zero attached hydrogens (tertiary/aromatic N) is 1. The second-order valence-electron chi connectivity index (χ2n) is 5.50. The average molecular weight is 398 g/mol. The van der Waals surface area contributed by atoms with E-state index >= 15 is 0 Å². The Bertz CT molecular complexity index is 719. The molecule has 5 nitrogen and oxygen atoms in total. The highest BCUT2D eigenvalue weighted by atomic mass is 35.5. The molecular weight excluding hydrogens is 378 g/mol. The Kier molecular flexibility index (Phi) is 7.74. The topological polar surface area (TPSA) is 71.1 Å². The number of nitrogens with one attached hydrogen (secondary N) is 2. The number of aromatic nitrogens is 1. The summed E-state index contributed by atoms with van der Waals surface area (Å²) in [5.41, 5.74) is 1.43. The molecule has 1 aromatic heterocycles. The molecule has 2 N–H and O–H groups in total. The molecule has 0 saturated heterocycles. The second-order valence-corrected chi connectivity index (χ2v) is 8.02. The zero-order valence-electron chi connectivity index (χ0n) is 14.0. The number of hydrogen-bond donors (Lipinski definition) is 2. The lowest BCUT2D eigenvalue weighted by molar-refractivity contribution is -0.121. The van der Waals surface area contributed by atoms with Crippen molar-refractivity contribution < 1.29 is 9.59 Å². The molecule has 8 heteroatoms. The Morgan fingerprint density at radius 3 is 2.68 bits per heavy atom. The van der Waals surface area contributed by atoms with Gasteiger partial charge in [-0.3, -0.25) is 9.59 Å². The third-order valence-corrected chi connectivity index (χ3v) is 5.67. The van der Waals surface area contributed by atoms with Gasteiger partial charge in [-0.05, 0) is 37.6 Å². The normalized spacial score (nSPS) is 11.8. The van der Waals surface area contributed by atoms with E-state index in [4.69, 9.17) is 11.6 Å². The van der Waals surface area contributed by atoms with Crippen molar-refractivity contribution in [2.24, 2.45) is 0 Å². The van der Waals surface area contributed by atoms with Crippen LogP contribution >= 0.6 is 34.7 Å². The second kappa shape index (κ2) is 9.79. The Morgan fingerprint density at radius 1 is 1.28 bits per heavy atom. The SMILES string of the molecule is CC[C@@H](C)NC(=O)Cc1csc(SCC(=O)Nc2ccc(Cl)cc2)n1. The standard InChI is InChI=1S/C17H20ClN3O2S2/c1-3-11(2)19-15(22)8-14-9-24-17(21-14)25-10-16(23)20-13-6-4-12(18)5-7-13/h4-7,9,11H,3,8,10H2,1-2H3,(H,19,22)(H,20,23)/t11-/m1/s1. The molecule has 0 bridgehead atoms. The van der Waals surface area contributed by atoms with E-state index in [1.54, 1.807) is 24.3 Å². The molecular formula is C17H20ClN3O2S2. The fraction of sp³-hybridized carbons (Fsp3) is 0.353. The van der Waals surface area contributed by atoms with E-state index in [0.717, 1.165) is 16.5 Å². The molecule has 0 aliphatic rings. The van der Waals surface area contributed by atoms with Gasteiger partial charge in [-0.2, -0.15) is 0 Å². The molecule has 0 aliphatic heterocycles. The molecule has 1 aromatic carbocycles. The van der Waals surface area contributed by atoms with Gasteiger partial charge in [0.25, 0.3) is 0 Å². The number of hydrogen-bond acceptors (Lipinski definition) is 5. The van der Waals surface area contributed by atoms with E-state index in [-0.39, 0.29) is 30.0 Å². The van der Waals surface area contributed by atoms with Gasteiger partial charge in [-0.25, -0.2) is 4.98 Å². The third kappa shape index (κ3) is 7.05. The summed E-state index contributed by atoms with van der Waals surface area (Å²) >= 11 is 8.61. The lowest BCUT2D eigenvalue weighted by Crippen LogP contribution is -2.33. The Morgan fingerprint density at radius 2 is 2.00 bits per heavy atom. The Balaban J connectivity index is 1.77. The van der Waals surface area contributed by atoms with Crippen LogP contribution in [0.5, 0.6) is 0 Å². The highest BCUT2D eigenvalue weighted by Crippen LogP contribution is 2.23. The molecule has 0 unspecified atom stereocenters. The molecule has 1 atom stereocenters. The number of carbonyl (C=O) groups excluding carboxylic acids is 2. The van der Waals surface area contributed by atoms with Crippen molar-refractivity contribution in [3.8, 4) is 0 Å². The molecule has 0 spiro atoms. The van der Waals surface area contributed by atoms with Crippen LogP contribution in [0.2, 0.25) is 5.02 Å². The number of carbonyl (C=O) groups is 2. The number of anilines is 1. The smallest absolute Gasteiger partial charge is 0.234 e. The van der Waals surface area contributed by atoms with Crippen molar-refractivity contribution in [1.29, 1.82) is 0 Å². The summed E-state index contributed by atoms with van der Waals surface area (Å²) < 4.78 is 0.776. The Hall–Kier alpha value is -1.57. The predicted molar refractivity (Wildman–Crippen MR) is 105 cm³/mol. The maximum absolute atomic E-state index is 12.0. The van der Waals surface area contributed by atoms with Gasteiger partial charge in [-0.1, -0.05) is 30.3 Å². The van der Waals surface area contributed by atoms with E-state index in [0.29, 0.717) is 10.7 Å². The summed E-state index contributed by atoms with van der Waals surface area (Å²) in [5.74, 6) is 0.115. The lowest BCUT2D eigenvalue weighted by atomic mass is 10.2. The number of rotatable bonds is 8.